The van der Waals surface area contributed by atoms with Crippen LogP contribution in [0.15, 0.2) is 6.07 Å². The van der Waals surface area contributed by atoms with Crippen molar-refractivity contribution in [2.75, 3.05) is 23.9 Å². The summed E-state index contributed by atoms with van der Waals surface area (Å²) in [5.74, 6) is 2.20. The van der Waals surface area contributed by atoms with Crippen LogP contribution in [0.2, 0.25) is 0 Å². The second-order valence-corrected chi connectivity index (χ2v) is 4.70. The Labute approximate surface area is 86.6 Å². The van der Waals surface area contributed by atoms with E-state index in [-0.39, 0.29) is 0 Å². The fourth-order valence-corrected chi connectivity index (χ4v) is 1.52. The molecule has 0 fully saturated rings. The summed E-state index contributed by atoms with van der Waals surface area (Å²) in [5.41, 5.74) is 0.942. The summed E-state index contributed by atoms with van der Waals surface area (Å²) in [4.78, 5) is 8.38. The minimum absolute atomic E-state index is 0.641. The molecule has 0 aromatic carbocycles. The molecular formula is C9H15N3OS. The molecule has 1 aromatic heterocycles. The number of hydrogen-bond acceptors (Lipinski definition) is 4. The van der Waals surface area contributed by atoms with Crippen LogP contribution < -0.4 is 5.32 Å². The Morgan fingerprint density at radius 1 is 1.43 bits per heavy atom. The maximum atomic E-state index is 10.8. The van der Waals surface area contributed by atoms with Crippen LogP contribution in [0.5, 0.6) is 0 Å². The number of anilines is 1. The molecule has 0 bridgehead atoms. The highest BCUT2D eigenvalue weighted by Gasteiger charge is 1.98. The highest BCUT2D eigenvalue weighted by Crippen LogP contribution is 2.04. The van der Waals surface area contributed by atoms with E-state index in [1.807, 2.05) is 19.9 Å². The summed E-state index contributed by atoms with van der Waals surface area (Å²) >= 11 is 0. The molecule has 0 aliphatic carbocycles. The minimum Gasteiger partial charge on any atom is -0.369 e. The van der Waals surface area contributed by atoms with Crippen LogP contribution in [0.25, 0.3) is 0 Å². The first-order valence-corrected chi connectivity index (χ1v) is 6.17. The molecular weight excluding hydrogens is 198 g/mol. The Hall–Kier alpha value is -0.970. The molecule has 0 saturated carbocycles. The molecule has 1 atom stereocenters. The zero-order valence-electron chi connectivity index (χ0n) is 8.70. The standard InChI is InChI=1S/C9H15N3OS/c1-7-6-9(12-8(2)11-7)10-4-5-14(3)13/h6H,4-5H2,1-3H3,(H,10,11,12). The van der Waals surface area contributed by atoms with Crippen LogP contribution in [-0.4, -0.2) is 32.7 Å². The van der Waals surface area contributed by atoms with Crippen molar-refractivity contribution in [1.82, 2.24) is 9.97 Å². The SMILES string of the molecule is Cc1cc(NCCS(C)=O)nc(C)n1. The van der Waals surface area contributed by atoms with Crippen LogP contribution in [0, 0.1) is 13.8 Å². The predicted molar refractivity (Wildman–Crippen MR) is 58.9 cm³/mol. The second-order valence-electron chi connectivity index (χ2n) is 3.15. The Balaban J connectivity index is 2.54. The first-order valence-electron chi connectivity index (χ1n) is 4.44. The lowest BCUT2D eigenvalue weighted by Gasteiger charge is -2.05. The van der Waals surface area contributed by atoms with Gasteiger partial charge in [0.25, 0.3) is 0 Å². The maximum absolute atomic E-state index is 10.8. The molecule has 1 rings (SSSR count). The van der Waals surface area contributed by atoms with Gasteiger partial charge in [-0.25, -0.2) is 9.97 Å². The van der Waals surface area contributed by atoms with E-state index in [1.165, 1.54) is 0 Å². The van der Waals surface area contributed by atoms with Gasteiger partial charge in [-0.1, -0.05) is 0 Å². The topological polar surface area (TPSA) is 54.9 Å². The van der Waals surface area contributed by atoms with Crippen molar-refractivity contribution in [2.24, 2.45) is 0 Å². The normalized spacial score (nSPS) is 12.5. The van der Waals surface area contributed by atoms with Gasteiger partial charge in [0.05, 0.1) is 0 Å². The summed E-state index contributed by atoms with van der Waals surface area (Å²) < 4.78 is 10.8. The number of nitrogens with one attached hydrogen (secondary N) is 1. The van der Waals surface area contributed by atoms with E-state index in [4.69, 9.17) is 0 Å². The Morgan fingerprint density at radius 2 is 2.14 bits per heavy atom. The first-order chi connectivity index (χ1) is 6.58. The zero-order valence-corrected chi connectivity index (χ0v) is 9.52. The van der Waals surface area contributed by atoms with Gasteiger partial charge >= 0.3 is 0 Å². The molecule has 1 heterocycles. The van der Waals surface area contributed by atoms with Crippen LogP contribution in [0.1, 0.15) is 11.5 Å². The first kappa shape index (κ1) is 11.1. The van der Waals surface area contributed by atoms with Crippen molar-refractivity contribution in [1.29, 1.82) is 0 Å². The predicted octanol–water partition coefficient (Wildman–Crippen LogP) is 0.884. The van der Waals surface area contributed by atoms with Gasteiger partial charge in [-0.3, -0.25) is 4.21 Å². The molecule has 1 N–H and O–H groups in total. The average molecular weight is 213 g/mol. The maximum Gasteiger partial charge on any atom is 0.129 e. The van der Waals surface area contributed by atoms with Gasteiger partial charge in [0.15, 0.2) is 0 Å². The monoisotopic (exact) mass is 213 g/mol. The van der Waals surface area contributed by atoms with Gasteiger partial charge in [-0.15, -0.1) is 0 Å². The van der Waals surface area contributed by atoms with Gasteiger partial charge in [-0.05, 0) is 13.8 Å². The fourth-order valence-electron chi connectivity index (χ4n) is 1.13. The molecule has 4 nitrogen and oxygen atoms in total. The third kappa shape index (κ3) is 3.83. The van der Waals surface area contributed by atoms with Crippen molar-refractivity contribution in [3.05, 3.63) is 17.6 Å². The van der Waals surface area contributed by atoms with Crippen molar-refractivity contribution in [3.63, 3.8) is 0 Å². The Bertz CT molecular complexity index is 321. The van der Waals surface area contributed by atoms with Gasteiger partial charge < -0.3 is 5.32 Å². The summed E-state index contributed by atoms with van der Waals surface area (Å²) in [6.07, 6.45) is 1.69. The molecule has 5 heteroatoms. The molecule has 0 aliphatic rings. The largest absolute Gasteiger partial charge is 0.369 e. The van der Waals surface area contributed by atoms with E-state index in [0.29, 0.717) is 12.3 Å². The molecule has 78 valence electrons. The quantitative estimate of drug-likeness (QED) is 0.807. The third-order valence-electron chi connectivity index (χ3n) is 1.66. The van der Waals surface area contributed by atoms with E-state index in [1.54, 1.807) is 6.26 Å². The average Bonchev–Trinajstić information content (AvgIpc) is 2.01. The summed E-state index contributed by atoms with van der Waals surface area (Å²) in [7, 11) is -0.756. The highest BCUT2D eigenvalue weighted by molar-refractivity contribution is 7.84. The summed E-state index contributed by atoms with van der Waals surface area (Å²) in [5, 5.41) is 3.11. The second kappa shape index (κ2) is 5.05. The van der Waals surface area contributed by atoms with Crippen molar-refractivity contribution >= 4 is 16.6 Å². The smallest absolute Gasteiger partial charge is 0.129 e. The van der Waals surface area contributed by atoms with Crippen LogP contribution in [-0.2, 0) is 10.8 Å². The Morgan fingerprint density at radius 3 is 2.71 bits per heavy atom. The molecule has 1 unspecified atom stereocenters. The van der Waals surface area contributed by atoms with Gasteiger partial charge in [0, 0.05) is 41.1 Å². The zero-order chi connectivity index (χ0) is 10.6. The van der Waals surface area contributed by atoms with E-state index in [0.717, 1.165) is 17.3 Å². The lowest BCUT2D eigenvalue weighted by molar-refractivity contribution is 0.687. The molecule has 0 saturated heterocycles. The lowest BCUT2D eigenvalue weighted by atomic mass is 10.4. The number of hydrogen-bond donors (Lipinski definition) is 1. The molecule has 0 radical (unpaired) electrons. The van der Waals surface area contributed by atoms with E-state index in [2.05, 4.69) is 15.3 Å². The molecule has 14 heavy (non-hydrogen) atoms. The van der Waals surface area contributed by atoms with Crippen molar-refractivity contribution in [3.8, 4) is 0 Å². The van der Waals surface area contributed by atoms with E-state index in [9.17, 15) is 4.21 Å². The molecule has 0 amide bonds. The lowest BCUT2D eigenvalue weighted by Crippen LogP contribution is -2.11. The number of aromatic nitrogens is 2. The number of rotatable bonds is 4. The Kier molecular flexibility index (Phi) is 4.00. The van der Waals surface area contributed by atoms with E-state index < -0.39 is 10.8 Å². The van der Waals surface area contributed by atoms with Gasteiger partial charge in [-0.2, -0.15) is 0 Å². The molecule has 1 aromatic rings. The van der Waals surface area contributed by atoms with Crippen LogP contribution >= 0.6 is 0 Å². The van der Waals surface area contributed by atoms with Gasteiger partial charge in [0.1, 0.15) is 11.6 Å². The van der Waals surface area contributed by atoms with Gasteiger partial charge in [0.2, 0.25) is 0 Å². The summed E-state index contributed by atoms with van der Waals surface area (Å²) in [6, 6.07) is 1.88. The number of aryl methyl sites for hydroxylation is 2. The van der Waals surface area contributed by atoms with Crippen LogP contribution in [0.4, 0.5) is 5.82 Å². The van der Waals surface area contributed by atoms with Crippen molar-refractivity contribution < 1.29 is 4.21 Å². The van der Waals surface area contributed by atoms with E-state index >= 15 is 0 Å². The molecule has 0 spiro atoms. The fraction of sp³-hybridized carbons (Fsp3) is 0.556. The third-order valence-corrected chi connectivity index (χ3v) is 2.44. The minimum atomic E-state index is -0.756. The number of nitrogens with zero attached hydrogens (tertiary/aromatic N) is 2. The summed E-state index contributed by atoms with van der Waals surface area (Å²) in [6.45, 7) is 4.47. The van der Waals surface area contributed by atoms with Crippen molar-refractivity contribution in [2.45, 2.75) is 13.8 Å². The van der Waals surface area contributed by atoms with Crippen LogP contribution in [0.3, 0.4) is 0 Å². The molecule has 0 aliphatic heterocycles. The highest BCUT2D eigenvalue weighted by atomic mass is 32.2.